The molecule has 0 aliphatic heterocycles. The second-order valence-electron chi connectivity index (χ2n) is 3.83. The van der Waals surface area contributed by atoms with Crippen molar-refractivity contribution in [1.29, 1.82) is 0 Å². The zero-order chi connectivity index (χ0) is 11.5. The molecule has 1 aromatic heterocycles. The Morgan fingerprint density at radius 3 is 3.00 bits per heavy atom. The minimum absolute atomic E-state index is 0.183. The Bertz CT molecular complexity index is 479. The molecule has 0 fully saturated rings. The predicted octanol–water partition coefficient (Wildman–Crippen LogP) is 2.28. The number of aromatic amines is 1. The molecule has 0 aliphatic carbocycles. The van der Waals surface area contributed by atoms with Gasteiger partial charge in [-0.2, -0.15) is 0 Å². The van der Waals surface area contributed by atoms with E-state index in [9.17, 15) is 4.39 Å². The average Bonchev–Trinajstić information content (AvgIpc) is 2.77. The van der Waals surface area contributed by atoms with Gasteiger partial charge >= 0.3 is 0 Å². The van der Waals surface area contributed by atoms with Gasteiger partial charge in [0.05, 0.1) is 11.9 Å². The van der Waals surface area contributed by atoms with Crippen molar-refractivity contribution in [2.75, 3.05) is 6.54 Å². The lowest BCUT2D eigenvalue weighted by Crippen LogP contribution is -2.10. The number of H-pyrrole nitrogens is 1. The summed E-state index contributed by atoms with van der Waals surface area (Å²) in [5.74, 6) is 0.768. The van der Waals surface area contributed by atoms with Gasteiger partial charge in [0.25, 0.3) is 0 Å². The maximum absolute atomic E-state index is 13.0. The smallest absolute Gasteiger partial charge is 0.123 e. The minimum Gasteiger partial charge on any atom is -0.342 e. The Hall–Kier alpha value is -1.68. The van der Waals surface area contributed by atoms with E-state index >= 15 is 0 Å². The molecule has 0 saturated carbocycles. The summed E-state index contributed by atoms with van der Waals surface area (Å²) in [5.41, 5.74) is 7.17. The van der Waals surface area contributed by atoms with Gasteiger partial charge in [-0.15, -0.1) is 0 Å². The molecule has 0 saturated heterocycles. The average molecular weight is 219 g/mol. The Balaban J connectivity index is 2.31. The van der Waals surface area contributed by atoms with Gasteiger partial charge in [0.1, 0.15) is 11.6 Å². The van der Waals surface area contributed by atoms with E-state index in [1.807, 2.05) is 13.0 Å². The molecule has 0 radical (unpaired) electrons. The molecule has 16 heavy (non-hydrogen) atoms. The number of hydrogen-bond acceptors (Lipinski definition) is 2. The maximum Gasteiger partial charge on any atom is 0.123 e. The highest BCUT2D eigenvalue weighted by atomic mass is 19.1. The molecule has 3 nitrogen and oxygen atoms in total. The third-order valence-electron chi connectivity index (χ3n) is 2.55. The molecule has 3 N–H and O–H groups in total. The summed E-state index contributed by atoms with van der Waals surface area (Å²) in [6, 6.07) is 6.42. The van der Waals surface area contributed by atoms with Gasteiger partial charge in [0.15, 0.2) is 0 Å². The molecular formula is C12H14FN3. The van der Waals surface area contributed by atoms with E-state index < -0.39 is 0 Å². The van der Waals surface area contributed by atoms with Crippen LogP contribution in [0, 0.1) is 5.82 Å². The van der Waals surface area contributed by atoms with Crippen molar-refractivity contribution >= 4 is 0 Å². The molecule has 1 atom stereocenters. The highest BCUT2D eigenvalue weighted by Crippen LogP contribution is 2.20. The lowest BCUT2D eigenvalue weighted by atomic mass is 10.1. The lowest BCUT2D eigenvalue weighted by Gasteiger charge is -2.03. The van der Waals surface area contributed by atoms with E-state index in [1.165, 1.54) is 12.1 Å². The molecule has 84 valence electrons. The fourth-order valence-electron chi connectivity index (χ4n) is 1.50. The third-order valence-corrected chi connectivity index (χ3v) is 2.55. The predicted molar refractivity (Wildman–Crippen MR) is 61.5 cm³/mol. The van der Waals surface area contributed by atoms with Crippen LogP contribution in [0.25, 0.3) is 11.3 Å². The van der Waals surface area contributed by atoms with Gasteiger partial charge in [0, 0.05) is 18.0 Å². The topological polar surface area (TPSA) is 54.7 Å². The Labute approximate surface area is 93.5 Å². The van der Waals surface area contributed by atoms with Crippen LogP contribution in [0.3, 0.4) is 0 Å². The molecular weight excluding hydrogens is 205 g/mol. The number of aromatic nitrogens is 2. The molecule has 0 spiro atoms. The van der Waals surface area contributed by atoms with Gasteiger partial charge < -0.3 is 10.7 Å². The summed E-state index contributed by atoms with van der Waals surface area (Å²) < 4.78 is 13.0. The summed E-state index contributed by atoms with van der Waals surface area (Å²) >= 11 is 0. The number of nitrogens with two attached hydrogens (primary N) is 1. The van der Waals surface area contributed by atoms with E-state index in [2.05, 4.69) is 9.97 Å². The van der Waals surface area contributed by atoms with Gasteiger partial charge in [0.2, 0.25) is 0 Å². The van der Waals surface area contributed by atoms with E-state index in [0.29, 0.717) is 6.54 Å². The van der Waals surface area contributed by atoms with Crippen LogP contribution in [0.1, 0.15) is 18.7 Å². The highest BCUT2D eigenvalue weighted by molar-refractivity contribution is 5.58. The maximum atomic E-state index is 13.0. The van der Waals surface area contributed by atoms with E-state index in [-0.39, 0.29) is 11.7 Å². The number of nitrogens with zero attached hydrogens (tertiary/aromatic N) is 1. The normalized spacial score (nSPS) is 12.7. The first-order valence-electron chi connectivity index (χ1n) is 5.21. The van der Waals surface area contributed by atoms with E-state index in [4.69, 9.17) is 5.73 Å². The largest absolute Gasteiger partial charge is 0.342 e. The van der Waals surface area contributed by atoms with Crippen molar-refractivity contribution in [1.82, 2.24) is 9.97 Å². The first-order valence-corrected chi connectivity index (χ1v) is 5.21. The molecule has 1 unspecified atom stereocenters. The first kappa shape index (κ1) is 10.8. The van der Waals surface area contributed by atoms with Crippen LogP contribution in [0.5, 0.6) is 0 Å². The zero-order valence-corrected chi connectivity index (χ0v) is 9.07. The molecule has 0 bridgehead atoms. The Morgan fingerprint density at radius 2 is 2.31 bits per heavy atom. The molecule has 1 heterocycles. The molecule has 0 amide bonds. The summed E-state index contributed by atoms with van der Waals surface area (Å²) in [4.78, 5) is 7.38. The van der Waals surface area contributed by atoms with Gasteiger partial charge in [-0.1, -0.05) is 19.1 Å². The van der Waals surface area contributed by atoms with Crippen molar-refractivity contribution in [3.63, 3.8) is 0 Å². The third kappa shape index (κ3) is 2.12. The molecule has 2 rings (SSSR count). The van der Waals surface area contributed by atoms with E-state index in [1.54, 1.807) is 12.3 Å². The quantitative estimate of drug-likeness (QED) is 0.832. The van der Waals surface area contributed by atoms with Crippen LogP contribution < -0.4 is 5.73 Å². The fraction of sp³-hybridized carbons (Fsp3) is 0.250. The van der Waals surface area contributed by atoms with Crippen LogP contribution in [-0.4, -0.2) is 16.5 Å². The van der Waals surface area contributed by atoms with Crippen LogP contribution in [0.2, 0.25) is 0 Å². The highest BCUT2D eigenvalue weighted by Gasteiger charge is 2.09. The van der Waals surface area contributed by atoms with Crippen LogP contribution in [0.15, 0.2) is 30.5 Å². The van der Waals surface area contributed by atoms with E-state index in [0.717, 1.165) is 17.1 Å². The lowest BCUT2D eigenvalue weighted by molar-refractivity contribution is 0.628. The molecule has 2 aromatic rings. The Kier molecular flexibility index (Phi) is 3.01. The minimum atomic E-state index is -0.250. The number of hydrogen-bond donors (Lipinski definition) is 2. The van der Waals surface area contributed by atoms with Gasteiger partial charge in [-0.05, 0) is 12.1 Å². The van der Waals surface area contributed by atoms with Gasteiger partial charge in [-0.3, -0.25) is 0 Å². The van der Waals surface area contributed by atoms with Crippen molar-refractivity contribution in [3.8, 4) is 11.3 Å². The van der Waals surface area contributed by atoms with Crippen LogP contribution in [0.4, 0.5) is 4.39 Å². The number of benzene rings is 1. The number of halogens is 1. The molecule has 0 aliphatic rings. The number of imidazole rings is 1. The zero-order valence-electron chi connectivity index (χ0n) is 9.07. The summed E-state index contributed by atoms with van der Waals surface area (Å²) in [7, 11) is 0. The first-order chi connectivity index (χ1) is 7.70. The van der Waals surface area contributed by atoms with Crippen molar-refractivity contribution < 1.29 is 4.39 Å². The molecule has 1 aromatic carbocycles. The second kappa shape index (κ2) is 4.45. The standard InChI is InChI=1S/C12H14FN3/c1-8(6-14)12-15-7-11(16-12)9-3-2-4-10(13)5-9/h2-5,7-8H,6,14H2,1H3,(H,15,16). The van der Waals surface area contributed by atoms with Crippen LogP contribution >= 0.6 is 0 Å². The SMILES string of the molecule is CC(CN)c1ncc(-c2cccc(F)c2)[nH]1. The van der Waals surface area contributed by atoms with Gasteiger partial charge in [-0.25, -0.2) is 9.37 Å². The fourth-order valence-corrected chi connectivity index (χ4v) is 1.50. The summed E-state index contributed by atoms with van der Waals surface area (Å²) in [6.45, 7) is 2.53. The van der Waals surface area contributed by atoms with Crippen molar-refractivity contribution in [3.05, 3.63) is 42.1 Å². The summed E-state index contributed by atoms with van der Waals surface area (Å²) in [5, 5.41) is 0. The monoisotopic (exact) mass is 219 g/mol. The Morgan fingerprint density at radius 1 is 1.50 bits per heavy atom. The second-order valence-corrected chi connectivity index (χ2v) is 3.83. The van der Waals surface area contributed by atoms with Crippen molar-refractivity contribution in [2.24, 2.45) is 5.73 Å². The summed E-state index contributed by atoms with van der Waals surface area (Å²) in [6.07, 6.45) is 1.70. The molecule has 4 heteroatoms. The van der Waals surface area contributed by atoms with Crippen molar-refractivity contribution in [2.45, 2.75) is 12.8 Å². The number of rotatable bonds is 3. The number of nitrogens with one attached hydrogen (secondary N) is 1. The van der Waals surface area contributed by atoms with Crippen LogP contribution in [-0.2, 0) is 0 Å².